The zero-order valence-electron chi connectivity index (χ0n) is 27.5. The van der Waals surface area contributed by atoms with Crippen LogP contribution in [0.15, 0.2) is 36.5 Å². The van der Waals surface area contributed by atoms with E-state index in [-0.39, 0.29) is 25.8 Å². The smallest absolute Gasteiger partial charge is 0.457 e. The Hall–Kier alpha value is -1.28. The molecule has 0 saturated carbocycles. The molecule has 8 nitrogen and oxygen atoms in total. The van der Waals surface area contributed by atoms with Gasteiger partial charge in [0.2, 0.25) is 0 Å². The summed E-state index contributed by atoms with van der Waals surface area (Å²) in [6.45, 7) is 5.36. The first-order chi connectivity index (χ1) is 20.1. The zero-order chi connectivity index (χ0) is 31.4. The van der Waals surface area contributed by atoms with Crippen molar-refractivity contribution in [2.24, 2.45) is 0 Å². The molecule has 0 fully saturated rings. The number of carbonyl (C=O) groups excluding carboxylic acids is 1. The lowest BCUT2D eigenvalue weighted by Crippen LogP contribution is -2.37. The lowest BCUT2D eigenvalue weighted by Gasteiger charge is -2.24. The van der Waals surface area contributed by atoms with Gasteiger partial charge in [-0.1, -0.05) is 95.2 Å². The Bertz CT molecular complexity index is 777. The van der Waals surface area contributed by atoms with E-state index in [1.807, 2.05) is 21.1 Å². The maximum Gasteiger partial charge on any atom is 0.472 e. The molecule has 2 unspecified atom stereocenters. The molecule has 0 rings (SSSR count). The third-order valence-electron chi connectivity index (χ3n) is 6.47. The first kappa shape index (κ1) is 40.7. The van der Waals surface area contributed by atoms with Crippen LogP contribution in [-0.2, 0) is 27.9 Å². The van der Waals surface area contributed by atoms with Crippen LogP contribution in [0.3, 0.4) is 0 Å². The Morgan fingerprint density at radius 1 is 0.762 bits per heavy atom. The van der Waals surface area contributed by atoms with Gasteiger partial charge >= 0.3 is 13.8 Å². The largest absolute Gasteiger partial charge is 0.472 e. The molecule has 0 aliphatic carbocycles. The van der Waals surface area contributed by atoms with Gasteiger partial charge in [-0.05, 0) is 44.9 Å². The summed E-state index contributed by atoms with van der Waals surface area (Å²) in [6.07, 6.45) is 27.7. The van der Waals surface area contributed by atoms with E-state index >= 15 is 0 Å². The monoisotopic (exact) mass is 616 g/mol. The van der Waals surface area contributed by atoms with Gasteiger partial charge in [-0.15, -0.1) is 0 Å². The van der Waals surface area contributed by atoms with Crippen LogP contribution in [0.1, 0.15) is 110 Å². The van der Waals surface area contributed by atoms with E-state index in [2.05, 4.69) is 50.3 Å². The van der Waals surface area contributed by atoms with Crippen molar-refractivity contribution >= 4 is 13.8 Å². The topological polar surface area (TPSA) is 91.3 Å². The Morgan fingerprint density at radius 3 is 2.07 bits per heavy atom. The Labute approximate surface area is 257 Å². The molecule has 1 N–H and O–H groups in total. The number of carbonyl (C=O) groups is 1. The maximum absolute atomic E-state index is 12.4. The predicted molar refractivity (Wildman–Crippen MR) is 173 cm³/mol. The third-order valence-corrected chi connectivity index (χ3v) is 7.45. The minimum atomic E-state index is -4.26. The van der Waals surface area contributed by atoms with Crippen LogP contribution >= 0.6 is 7.82 Å². The number of allylic oxidation sites excluding steroid dienone is 6. The number of ether oxygens (including phenoxy) is 2. The van der Waals surface area contributed by atoms with Gasteiger partial charge in [0.1, 0.15) is 19.3 Å². The standard InChI is InChI=1S/C33H62NO7P/c1-6-8-10-12-14-15-16-17-18-19-20-21-23-25-28-38-30-32(41-33(35)26-24-22-13-11-9-7-2)31-40-42(36,37)39-29-27-34(3,4)5/h8,10,14-15,17-18,32H,6-7,9,11-13,16,19-31H2,1-5H3/p+1/b10-8-,15-14-,18-17-. The van der Waals surface area contributed by atoms with Crippen LogP contribution in [0.25, 0.3) is 0 Å². The fourth-order valence-corrected chi connectivity index (χ4v) is 4.66. The molecule has 246 valence electrons. The molecule has 0 amide bonds. The minimum absolute atomic E-state index is 0.0834. The fraction of sp³-hybridized carbons (Fsp3) is 0.788. The van der Waals surface area contributed by atoms with Crippen LogP contribution in [-0.4, -0.2) is 75.6 Å². The number of phosphoric ester groups is 1. The van der Waals surface area contributed by atoms with E-state index in [0.717, 1.165) is 70.6 Å². The van der Waals surface area contributed by atoms with E-state index < -0.39 is 13.9 Å². The van der Waals surface area contributed by atoms with Crippen LogP contribution in [0.2, 0.25) is 0 Å². The lowest BCUT2D eigenvalue weighted by atomic mass is 10.1. The minimum Gasteiger partial charge on any atom is -0.457 e. The first-order valence-electron chi connectivity index (χ1n) is 16.2. The molecule has 0 aromatic heterocycles. The number of hydrogen-bond acceptors (Lipinski definition) is 6. The predicted octanol–water partition coefficient (Wildman–Crippen LogP) is 8.31. The normalized spacial score (nSPS) is 14.7. The molecule has 9 heteroatoms. The number of quaternary nitrogens is 1. The number of rotatable bonds is 29. The van der Waals surface area contributed by atoms with E-state index in [4.69, 9.17) is 18.5 Å². The van der Waals surface area contributed by atoms with Crippen LogP contribution in [0.4, 0.5) is 0 Å². The number of hydrogen-bond donors (Lipinski definition) is 1. The van der Waals surface area contributed by atoms with Gasteiger partial charge in [0, 0.05) is 13.0 Å². The number of esters is 1. The quantitative estimate of drug-likeness (QED) is 0.0297. The Balaban J connectivity index is 4.34. The number of likely N-dealkylation sites (N-methyl/N-ethyl adjacent to an activating group) is 1. The summed E-state index contributed by atoms with van der Waals surface area (Å²) in [5, 5.41) is 0. The van der Waals surface area contributed by atoms with Crippen molar-refractivity contribution in [1.29, 1.82) is 0 Å². The summed E-state index contributed by atoms with van der Waals surface area (Å²) in [5.74, 6) is -0.335. The number of nitrogens with zero attached hydrogens (tertiary/aromatic N) is 1. The highest BCUT2D eigenvalue weighted by molar-refractivity contribution is 7.47. The Kier molecular flexibility index (Phi) is 26.5. The molecule has 0 saturated heterocycles. The third kappa shape index (κ3) is 30.2. The maximum atomic E-state index is 12.4. The molecule has 0 aliphatic rings. The van der Waals surface area contributed by atoms with Gasteiger partial charge in [0.15, 0.2) is 0 Å². The summed E-state index contributed by atoms with van der Waals surface area (Å²) in [4.78, 5) is 22.5. The van der Waals surface area contributed by atoms with Crippen molar-refractivity contribution in [3.63, 3.8) is 0 Å². The van der Waals surface area contributed by atoms with Gasteiger partial charge in [-0.25, -0.2) is 4.57 Å². The van der Waals surface area contributed by atoms with Gasteiger partial charge in [-0.3, -0.25) is 13.8 Å². The Morgan fingerprint density at radius 2 is 1.38 bits per heavy atom. The summed E-state index contributed by atoms with van der Waals surface area (Å²) in [7, 11) is 1.64. The average Bonchev–Trinajstić information content (AvgIpc) is 2.92. The average molecular weight is 617 g/mol. The molecule has 2 atom stereocenters. The molecule has 0 aromatic carbocycles. The molecule has 42 heavy (non-hydrogen) atoms. The molecular formula is C33H63NO7P+. The fourth-order valence-electron chi connectivity index (χ4n) is 3.92. The lowest BCUT2D eigenvalue weighted by molar-refractivity contribution is -0.870. The van der Waals surface area contributed by atoms with Crippen molar-refractivity contribution in [3.05, 3.63) is 36.5 Å². The summed E-state index contributed by atoms with van der Waals surface area (Å²) < 4.78 is 34.5. The van der Waals surface area contributed by atoms with Crippen molar-refractivity contribution in [3.8, 4) is 0 Å². The molecule has 0 heterocycles. The summed E-state index contributed by atoms with van der Waals surface area (Å²) in [6, 6.07) is 0. The second kappa shape index (κ2) is 27.3. The molecule has 0 bridgehead atoms. The van der Waals surface area contributed by atoms with Crippen molar-refractivity contribution in [2.75, 3.05) is 54.1 Å². The van der Waals surface area contributed by atoms with Gasteiger partial charge in [0.05, 0.1) is 34.4 Å². The SMILES string of the molecule is CC/C=C\C/C=C\C/C=C\CCCCCCOCC(COP(=O)(O)OCC[N+](C)(C)C)OC(=O)CCCCCCCC. The van der Waals surface area contributed by atoms with E-state index in [1.165, 1.54) is 19.3 Å². The van der Waals surface area contributed by atoms with E-state index in [0.29, 0.717) is 24.1 Å². The molecular weight excluding hydrogens is 553 g/mol. The van der Waals surface area contributed by atoms with Crippen LogP contribution < -0.4 is 0 Å². The molecule has 0 aromatic rings. The molecule has 0 spiro atoms. The van der Waals surface area contributed by atoms with Crippen molar-refractivity contribution < 1.29 is 37.3 Å². The first-order valence-corrected chi connectivity index (χ1v) is 17.7. The van der Waals surface area contributed by atoms with Crippen LogP contribution in [0.5, 0.6) is 0 Å². The van der Waals surface area contributed by atoms with Gasteiger partial charge in [-0.2, -0.15) is 0 Å². The van der Waals surface area contributed by atoms with E-state index in [9.17, 15) is 14.3 Å². The van der Waals surface area contributed by atoms with Gasteiger partial charge < -0.3 is 18.9 Å². The summed E-state index contributed by atoms with van der Waals surface area (Å²) >= 11 is 0. The van der Waals surface area contributed by atoms with Gasteiger partial charge in [0.25, 0.3) is 0 Å². The van der Waals surface area contributed by atoms with Crippen LogP contribution in [0, 0.1) is 0 Å². The molecule has 0 aliphatic heterocycles. The van der Waals surface area contributed by atoms with Crippen molar-refractivity contribution in [1.82, 2.24) is 0 Å². The van der Waals surface area contributed by atoms with Crippen molar-refractivity contribution in [2.45, 2.75) is 116 Å². The second-order valence-electron chi connectivity index (χ2n) is 11.8. The highest BCUT2D eigenvalue weighted by Crippen LogP contribution is 2.43. The number of phosphoric acid groups is 1. The second-order valence-corrected chi connectivity index (χ2v) is 13.3. The highest BCUT2D eigenvalue weighted by Gasteiger charge is 2.26. The van der Waals surface area contributed by atoms with E-state index in [1.54, 1.807) is 0 Å². The number of unbranched alkanes of at least 4 members (excludes halogenated alkanes) is 9. The molecule has 0 radical (unpaired) electrons. The zero-order valence-corrected chi connectivity index (χ0v) is 28.4. The summed E-state index contributed by atoms with van der Waals surface area (Å²) in [5.41, 5.74) is 0. The highest BCUT2D eigenvalue weighted by atomic mass is 31.2.